The Kier molecular flexibility index (Phi) is 3.76. The van der Waals surface area contributed by atoms with Crippen LogP contribution in [0.15, 0.2) is 71.4 Å². The molecule has 3 aliphatic rings. The number of benzene rings is 1. The fourth-order valence-corrected chi connectivity index (χ4v) is 3.94. The van der Waals surface area contributed by atoms with Gasteiger partial charge in [0.15, 0.2) is 0 Å². The molecule has 0 amide bonds. The minimum absolute atomic E-state index is 1.08. The monoisotopic (exact) mass is 312 g/mol. The van der Waals surface area contributed by atoms with Crippen LogP contribution >= 0.6 is 0 Å². The second-order valence-corrected chi connectivity index (χ2v) is 7.20. The van der Waals surface area contributed by atoms with Crippen molar-refractivity contribution >= 4 is 16.7 Å². The highest BCUT2D eigenvalue weighted by molar-refractivity contribution is 5.89. The standard InChI is InChI=1S/C24H24/c1-16-7-4-10-22(16)19-13-20(23-11-5-8-17(23)2)15-21(14-19)24-12-6-9-18(24)3/h4-6,10-15H,7-9H2,1-3H3. The maximum Gasteiger partial charge on any atom is -0.0129 e. The largest absolute Gasteiger partial charge is 0.0798 e. The minimum atomic E-state index is 1.08. The van der Waals surface area contributed by atoms with Gasteiger partial charge < -0.3 is 0 Å². The van der Waals surface area contributed by atoms with Crippen molar-refractivity contribution in [2.45, 2.75) is 40.0 Å². The topological polar surface area (TPSA) is 0 Å². The number of rotatable bonds is 3. The molecule has 0 saturated carbocycles. The van der Waals surface area contributed by atoms with Crippen LogP contribution in [0.2, 0.25) is 0 Å². The molecule has 0 nitrogen and oxygen atoms in total. The van der Waals surface area contributed by atoms with E-state index in [0.717, 1.165) is 19.3 Å². The molecule has 0 radical (unpaired) electrons. The Hall–Kier alpha value is -2.34. The summed E-state index contributed by atoms with van der Waals surface area (Å²) in [6, 6.07) is 7.13. The zero-order valence-corrected chi connectivity index (χ0v) is 14.8. The van der Waals surface area contributed by atoms with Crippen LogP contribution in [-0.4, -0.2) is 0 Å². The van der Waals surface area contributed by atoms with E-state index in [9.17, 15) is 0 Å². The minimum Gasteiger partial charge on any atom is -0.0798 e. The van der Waals surface area contributed by atoms with Crippen LogP contribution in [0, 0.1) is 0 Å². The van der Waals surface area contributed by atoms with E-state index < -0.39 is 0 Å². The van der Waals surface area contributed by atoms with Crippen molar-refractivity contribution in [1.82, 2.24) is 0 Å². The fraction of sp³-hybridized carbons (Fsp3) is 0.250. The molecule has 0 saturated heterocycles. The van der Waals surface area contributed by atoms with Gasteiger partial charge in [0.25, 0.3) is 0 Å². The van der Waals surface area contributed by atoms with Crippen LogP contribution in [0.1, 0.15) is 56.7 Å². The summed E-state index contributed by atoms with van der Waals surface area (Å²) in [5.41, 5.74) is 12.7. The fourth-order valence-electron chi connectivity index (χ4n) is 3.94. The van der Waals surface area contributed by atoms with E-state index in [2.05, 4.69) is 75.4 Å². The van der Waals surface area contributed by atoms with Gasteiger partial charge in [0.2, 0.25) is 0 Å². The van der Waals surface area contributed by atoms with E-state index in [1.165, 1.54) is 50.1 Å². The zero-order valence-electron chi connectivity index (χ0n) is 14.8. The molecule has 0 atom stereocenters. The molecule has 0 heterocycles. The molecule has 0 spiro atoms. The highest BCUT2D eigenvalue weighted by Crippen LogP contribution is 2.37. The van der Waals surface area contributed by atoms with Crippen molar-refractivity contribution in [3.05, 3.63) is 88.1 Å². The number of allylic oxidation sites excluding steroid dienone is 12. The van der Waals surface area contributed by atoms with Crippen LogP contribution in [-0.2, 0) is 0 Å². The summed E-state index contributed by atoms with van der Waals surface area (Å²) >= 11 is 0. The van der Waals surface area contributed by atoms with Crippen molar-refractivity contribution in [2.75, 3.05) is 0 Å². The molecule has 0 aliphatic heterocycles. The molecule has 3 aliphatic carbocycles. The number of hydrogen-bond acceptors (Lipinski definition) is 0. The molecule has 0 N–H and O–H groups in total. The second kappa shape index (κ2) is 5.94. The summed E-state index contributed by atoms with van der Waals surface area (Å²) in [6.07, 6.45) is 16.9. The van der Waals surface area contributed by atoms with Gasteiger partial charge in [-0.25, -0.2) is 0 Å². The molecule has 120 valence electrons. The maximum absolute atomic E-state index is 2.38. The van der Waals surface area contributed by atoms with Gasteiger partial charge in [-0.3, -0.25) is 0 Å². The third-order valence-corrected chi connectivity index (χ3v) is 5.37. The molecule has 1 aromatic carbocycles. The van der Waals surface area contributed by atoms with E-state index >= 15 is 0 Å². The predicted octanol–water partition coefficient (Wildman–Crippen LogP) is 6.89. The van der Waals surface area contributed by atoms with Gasteiger partial charge in [0.05, 0.1) is 0 Å². The molecule has 0 heteroatoms. The molecule has 0 bridgehead atoms. The molecule has 1 aromatic rings. The lowest BCUT2D eigenvalue weighted by atomic mass is 9.91. The van der Waals surface area contributed by atoms with Crippen molar-refractivity contribution in [1.29, 1.82) is 0 Å². The molecule has 4 rings (SSSR count). The van der Waals surface area contributed by atoms with Crippen LogP contribution < -0.4 is 0 Å². The van der Waals surface area contributed by atoms with Crippen LogP contribution in [0.4, 0.5) is 0 Å². The van der Waals surface area contributed by atoms with Crippen molar-refractivity contribution in [3.8, 4) is 0 Å². The molecule has 24 heavy (non-hydrogen) atoms. The predicted molar refractivity (Wildman–Crippen MR) is 105 cm³/mol. The van der Waals surface area contributed by atoms with Crippen molar-refractivity contribution in [2.24, 2.45) is 0 Å². The summed E-state index contributed by atoms with van der Waals surface area (Å²) in [6.45, 7) is 6.75. The molecule has 0 aromatic heterocycles. The van der Waals surface area contributed by atoms with Gasteiger partial charge in [0, 0.05) is 0 Å². The quantitative estimate of drug-likeness (QED) is 0.570. The Bertz CT molecular complexity index is 761. The van der Waals surface area contributed by atoms with Gasteiger partial charge in [0.1, 0.15) is 0 Å². The Morgan fingerprint density at radius 3 is 1.00 bits per heavy atom. The molecule has 0 unspecified atom stereocenters. The average Bonchev–Trinajstić information content (AvgIpc) is 3.28. The van der Waals surface area contributed by atoms with Gasteiger partial charge in [-0.15, -0.1) is 0 Å². The summed E-state index contributed by atoms with van der Waals surface area (Å²) in [4.78, 5) is 0. The van der Waals surface area contributed by atoms with E-state index in [0.29, 0.717) is 0 Å². The first kappa shape index (κ1) is 15.2. The third kappa shape index (κ3) is 2.57. The zero-order chi connectivity index (χ0) is 16.7. The SMILES string of the molecule is CC1=C(c2cc(C3=C(C)CC=C3)cc(C3=C(C)CC=C3)c2)C=CC1. The van der Waals surface area contributed by atoms with E-state index in [4.69, 9.17) is 0 Å². The first-order chi connectivity index (χ1) is 11.6. The molecule has 0 fully saturated rings. The Labute approximate surface area is 145 Å². The summed E-state index contributed by atoms with van der Waals surface area (Å²) < 4.78 is 0. The first-order valence-corrected chi connectivity index (χ1v) is 8.88. The summed E-state index contributed by atoms with van der Waals surface area (Å²) in [7, 11) is 0. The van der Waals surface area contributed by atoms with Gasteiger partial charge >= 0.3 is 0 Å². The number of hydrogen-bond donors (Lipinski definition) is 0. The lowest BCUT2D eigenvalue weighted by Gasteiger charge is -2.13. The van der Waals surface area contributed by atoms with Crippen molar-refractivity contribution < 1.29 is 0 Å². The highest BCUT2D eigenvalue weighted by atomic mass is 14.2. The Balaban J connectivity index is 1.92. The van der Waals surface area contributed by atoms with Gasteiger partial charge in [-0.05, 0) is 91.6 Å². The summed E-state index contributed by atoms with van der Waals surface area (Å²) in [5, 5.41) is 0. The highest BCUT2D eigenvalue weighted by Gasteiger charge is 2.16. The lowest BCUT2D eigenvalue weighted by Crippen LogP contribution is -1.93. The van der Waals surface area contributed by atoms with Crippen LogP contribution in [0.3, 0.4) is 0 Å². The summed E-state index contributed by atoms with van der Waals surface area (Å²) in [5.74, 6) is 0. The van der Waals surface area contributed by atoms with Gasteiger partial charge in [-0.1, -0.05) is 53.2 Å². The smallest absolute Gasteiger partial charge is 0.0129 e. The van der Waals surface area contributed by atoms with Gasteiger partial charge in [-0.2, -0.15) is 0 Å². The van der Waals surface area contributed by atoms with E-state index in [-0.39, 0.29) is 0 Å². The average molecular weight is 312 g/mol. The Morgan fingerprint density at radius 2 is 0.792 bits per heavy atom. The molecular weight excluding hydrogens is 288 g/mol. The second-order valence-electron chi connectivity index (χ2n) is 7.20. The first-order valence-electron chi connectivity index (χ1n) is 8.88. The molecular formula is C24H24. The maximum atomic E-state index is 2.38. The normalized spacial score (nSPS) is 19.6. The Morgan fingerprint density at radius 1 is 0.500 bits per heavy atom. The lowest BCUT2D eigenvalue weighted by molar-refractivity contribution is 1.25. The van der Waals surface area contributed by atoms with Crippen LogP contribution in [0.5, 0.6) is 0 Å². The van der Waals surface area contributed by atoms with Crippen molar-refractivity contribution in [3.63, 3.8) is 0 Å². The van der Waals surface area contributed by atoms with Crippen LogP contribution in [0.25, 0.3) is 16.7 Å². The van der Waals surface area contributed by atoms with E-state index in [1.54, 1.807) is 0 Å². The van der Waals surface area contributed by atoms with E-state index in [1.807, 2.05) is 0 Å². The third-order valence-electron chi connectivity index (χ3n) is 5.37.